The van der Waals surface area contributed by atoms with Crippen LogP contribution in [0.5, 0.6) is 5.75 Å². The van der Waals surface area contributed by atoms with E-state index in [0.717, 1.165) is 5.69 Å². The molecule has 7 nitrogen and oxygen atoms in total. The topological polar surface area (TPSA) is 76.5 Å². The minimum Gasteiger partial charge on any atom is -0.410 e. The molecule has 2 aromatic carbocycles. The number of hydrogen-bond acceptors (Lipinski definition) is 4. The number of nitrogens with zero attached hydrogens (tertiary/aromatic N) is 3. The SMILES string of the molecule is CCN(CC)C(=O)c1cnn(-c2ccccc2)c1NC(=O)Oc1ccccc1. The van der Waals surface area contributed by atoms with Crippen molar-refractivity contribution in [3.63, 3.8) is 0 Å². The van der Waals surface area contributed by atoms with E-state index in [-0.39, 0.29) is 11.7 Å². The molecular weight excluding hydrogens is 356 g/mol. The van der Waals surface area contributed by atoms with E-state index in [1.807, 2.05) is 50.2 Å². The van der Waals surface area contributed by atoms with Gasteiger partial charge in [-0.2, -0.15) is 5.10 Å². The van der Waals surface area contributed by atoms with Gasteiger partial charge in [-0.3, -0.25) is 10.1 Å². The number of hydrogen-bond donors (Lipinski definition) is 1. The van der Waals surface area contributed by atoms with Gasteiger partial charge in [-0.25, -0.2) is 9.48 Å². The summed E-state index contributed by atoms with van der Waals surface area (Å²) in [5.41, 5.74) is 1.02. The van der Waals surface area contributed by atoms with Crippen molar-refractivity contribution >= 4 is 17.8 Å². The highest BCUT2D eigenvalue weighted by Crippen LogP contribution is 2.22. The summed E-state index contributed by atoms with van der Waals surface area (Å²) in [6.07, 6.45) is 0.767. The predicted octanol–water partition coefficient (Wildman–Crippen LogP) is 3.97. The van der Waals surface area contributed by atoms with Crippen LogP contribution in [0.2, 0.25) is 0 Å². The third kappa shape index (κ3) is 4.20. The Morgan fingerprint density at radius 2 is 1.61 bits per heavy atom. The first-order valence-corrected chi connectivity index (χ1v) is 9.10. The van der Waals surface area contributed by atoms with Crippen molar-refractivity contribution in [2.45, 2.75) is 13.8 Å². The van der Waals surface area contributed by atoms with E-state index in [9.17, 15) is 9.59 Å². The minimum absolute atomic E-state index is 0.206. The third-order valence-electron chi connectivity index (χ3n) is 4.23. The number of ether oxygens (including phenoxy) is 1. The normalized spacial score (nSPS) is 10.4. The smallest absolute Gasteiger partial charge is 0.410 e. The molecule has 0 aliphatic rings. The molecule has 1 aromatic heterocycles. The van der Waals surface area contributed by atoms with Crippen molar-refractivity contribution in [3.05, 3.63) is 72.4 Å². The van der Waals surface area contributed by atoms with Gasteiger partial charge in [0.05, 0.1) is 11.9 Å². The summed E-state index contributed by atoms with van der Waals surface area (Å²) in [6, 6.07) is 18.0. The lowest BCUT2D eigenvalue weighted by Gasteiger charge is -2.19. The van der Waals surface area contributed by atoms with Crippen LogP contribution >= 0.6 is 0 Å². The Morgan fingerprint density at radius 3 is 2.21 bits per heavy atom. The van der Waals surface area contributed by atoms with Crippen LogP contribution in [0.1, 0.15) is 24.2 Å². The van der Waals surface area contributed by atoms with Gasteiger partial charge >= 0.3 is 6.09 Å². The molecular formula is C21H22N4O3. The second kappa shape index (κ2) is 8.85. The van der Waals surface area contributed by atoms with E-state index in [0.29, 0.717) is 24.4 Å². The lowest BCUT2D eigenvalue weighted by Crippen LogP contribution is -2.31. The first kappa shape index (κ1) is 19.2. The molecule has 0 aliphatic heterocycles. The molecule has 0 fully saturated rings. The fourth-order valence-corrected chi connectivity index (χ4v) is 2.79. The molecule has 7 heteroatoms. The highest BCUT2D eigenvalue weighted by Gasteiger charge is 2.24. The van der Waals surface area contributed by atoms with Crippen LogP contribution in [0.15, 0.2) is 66.9 Å². The summed E-state index contributed by atoms with van der Waals surface area (Å²) in [5.74, 6) is 0.466. The molecule has 28 heavy (non-hydrogen) atoms. The van der Waals surface area contributed by atoms with Gasteiger partial charge < -0.3 is 9.64 Å². The van der Waals surface area contributed by atoms with E-state index >= 15 is 0 Å². The Balaban J connectivity index is 1.94. The quantitative estimate of drug-likeness (QED) is 0.704. The lowest BCUT2D eigenvalue weighted by atomic mass is 10.2. The van der Waals surface area contributed by atoms with Crippen LogP contribution in [0.3, 0.4) is 0 Å². The molecule has 0 saturated heterocycles. The molecule has 3 rings (SSSR count). The zero-order valence-electron chi connectivity index (χ0n) is 15.8. The average Bonchev–Trinajstić information content (AvgIpc) is 3.13. The highest BCUT2D eigenvalue weighted by atomic mass is 16.6. The van der Waals surface area contributed by atoms with Crippen LogP contribution < -0.4 is 10.1 Å². The number of carbonyl (C=O) groups is 2. The highest BCUT2D eigenvalue weighted by molar-refractivity contribution is 6.02. The number of nitrogens with one attached hydrogen (secondary N) is 1. The summed E-state index contributed by atoms with van der Waals surface area (Å²) in [6.45, 7) is 4.92. The van der Waals surface area contributed by atoms with Gasteiger partial charge in [0.1, 0.15) is 11.3 Å². The van der Waals surface area contributed by atoms with Gasteiger partial charge in [-0.15, -0.1) is 0 Å². The van der Waals surface area contributed by atoms with E-state index in [1.165, 1.54) is 10.9 Å². The third-order valence-corrected chi connectivity index (χ3v) is 4.23. The van der Waals surface area contributed by atoms with Crippen LogP contribution in [0.25, 0.3) is 5.69 Å². The van der Waals surface area contributed by atoms with Crippen LogP contribution in [-0.2, 0) is 0 Å². The number of anilines is 1. The summed E-state index contributed by atoms with van der Waals surface area (Å²) in [7, 11) is 0. The van der Waals surface area contributed by atoms with Crippen molar-refractivity contribution in [2.75, 3.05) is 18.4 Å². The van der Waals surface area contributed by atoms with Crippen molar-refractivity contribution in [1.29, 1.82) is 0 Å². The van der Waals surface area contributed by atoms with E-state index in [2.05, 4.69) is 10.4 Å². The molecule has 0 bridgehead atoms. The lowest BCUT2D eigenvalue weighted by molar-refractivity contribution is 0.0774. The van der Waals surface area contributed by atoms with Crippen molar-refractivity contribution in [1.82, 2.24) is 14.7 Å². The van der Waals surface area contributed by atoms with E-state index in [1.54, 1.807) is 29.2 Å². The molecule has 144 valence electrons. The van der Waals surface area contributed by atoms with Crippen LogP contribution in [-0.4, -0.2) is 39.8 Å². The van der Waals surface area contributed by atoms with E-state index in [4.69, 9.17) is 4.74 Å². The van der Waals surface area contributed by atoms with Gasteiger partial charge in [-0.1, -0.05) is 36.4 Å². The monoisotopic (exact) mass is 378 g/mol. The molecule has 2 amide bonds. The zero-order chi connectivity index (χ0) is 19.9. The Kier molecular flexibility index (Phi) is 6.06. The number of carbonyl (C=O) groups excluding carboxylic acids is 2. The molecule has 0 saturated carbocycles. The van der Waals surface area contributed by atoms with E-state index < -0.39 is 6.09 Å². The molecule has 0 unspecified atom stereocenters. The molecule has 0 radical (unpaired) electrons. The molecule has 0 spiro atoms. The second-order valence-electron chi connectivity index (χ2n) is 5.96. The van der Waals surface area contributed by atoms with Crippen LogP contribution in [0, 0.1) is 0 Å². The van der Waals surface area contributed by atoms with Gasteiger partial charge in [0.2, 0.25) is 0 Å². The summed E-state index contributed by atoms with van der Waals surface area (Å²) in [5, 5.41) is 7.00. The average molecular weight is 378 g/mol. The summed E-state index contributed by atoms with van der Waals surface area (Å²) < 4.78 is 6.83. The fraction of sp³-hybridized carbons (Fsp3) is 0.190. The number of para-hydroxylation sites is 2. The van der Waals surface area contributed by atoms with Gasteiger partial charge in [0.15, 0.2) is 5.82 Å². The second-order valence-corrected chi connectivity index (χ2v) is 5.96. The standard InChI is InChI=1S/C21H22N4O3/c1-3-24(4-2)20(26)18-15-22-25(16-11-7-5-8-12-16)19(18)23-21(27)28-17-13-9-6-10-14-17/h5-15H,3-4H2,1-2H3,(H,23,27). The maximum Gasteiger partial charge on any atom is 0.418 e. The first-order valence-electron chi connectivity index (χ1n) is 9.10. The van der Waals surface area contributed by atoms with Crippen molar-refractivity contribution < 1.29 is 14.3 Å². The van der Waals surface area contributed by atoms with Gasteiger partial charge in [0.25, 0.3) is 5.91 Å². The minimum atomic E-state index is -0.697. The summed E-state index contributed by atoms with van der Waals surface area (Å²) in [4.78, 5) is 27.0. The fourth-order valence-electron chi connectivity index (χ4n) is 2.79. The van der Waals surface area contributed by atoms with Crippen molar-refractivity contribution in [2.24, 2.45) is 0 Å². The first-order chi connectivity index (χ1) is 13.6. The number of amides is 2. The summed E-state index contributed by atoms with van der Waals surface area (Å²) >= 11 is 0. The molecule has 1 heterocycles. The number of rotatable bonds is 6. The Bertz CT molecular complexity index is 935. The molecule has 0 atom stereocenters. The number of benzene rings is 2. The maximum atomic E-state index is 12.9. The van der Waals surface area contributed by atoms with Crippen molar-refractivity contribution in [3.8, 4) is 11.4 Å². The Morgan fingerprint density at radius 1 is 1.00 bits per heavy atom. The molecule has 1 N–H and O–H groups in total. The van der Waals surface area contributed by atoms with Gasteiger partial charge in [-0.05, 0) is 38.1 Å². The number of aromatic nitrogens is 2. The molecule has 3 aromatic rings. The predicted molar refractivity (Wildman–Crippen MR) is 107 cm³/mol. The maximum absolute atomic E-state index is 12.9. The van der Waals surface area contributed by atoms with Gasteiger partial charge in [0, 0.05) is 13.1 Å². The van der Waals surface area contributed by atoms with Crippen LogP contribution in [0.4, 0.5) is 10.6 Å². The largest absolute Gasteiger partial charge is 0.418 e. The Labute approximate surface area is 163 Å². The molecule has 0 aliphatic carbocycles. The Hall–Kier alpha value is -3.61. The zero-order valence-corrected chi connectivity index (χ0v) is 15.8.